The topological polar surface area (TPSA) is 34.1 Å². The van der Waals surface area contributed by atoms with Gasteiger partial charge in [-0.2, -0.15) is 0 Å². The van der Waals surface area contributed by atoms with Gasteiger partial charge < -0.3 is 0 Å². The van der Waals surface area contributed by atoms with Gasteiger partial charge in [-0.05, 0) is 12.5 Å². The molecule has 0 aromatic rings. The summed E-state index contributed by atoms with van der Waals surface area (Å²) in [5.41, 5.74) is 0. The van der Waals surface area contributed by atoms with Gasteiger partial charge in [0.1, 0.15) is 5.78 Å². The van der Waals surface area contributed by atoms with Crippen LogP contribution in [0.5, 0.6) is 0 Å². The molecule has 0 N–H and O–H groups in total. The van der Waals surface area contributed by atoms with E-state index in [1.54, 1.807) is 6.08 Å². The zero-order valence-electron chi connectivity index (χ0n) is 7.80. The third-order valence-electron chi connectivity index (χ3n) is 1.58. The Kier molecular flexibility index (Phi) is 6.25. The zero-order chi connectivity index (χ0) is 9.40. The maximum absolute atomic E-state index is 11.0. The summed E-state index contributed by atoms with van der Waals surface area (Å²) in [5, 5.41) is 0. The molecule has 0 rings (SSSR count). The van der Waals surface area contributed by atoms with Gasteiger partial charge in [0.15, 0.2) is 5.78 Å². The summed E-state index contributed by atoms with van der Waals surface area (Å²) in [5.74, 6) is 0.215. The third-order valence-corrected chi connectivity index (χ3v) is 1.58. The smallest absolute Gasteiger partial charge is 0.155 e. The van der Waals surface area contributed by atoms with Crippen molar-refractivity contribution in [3.8, 4) is 0 Å². The molecule has 0 aliphatic rings. The first-order valence-electron chi connectivity index (χ1n) is 4.41. The summed E-state index contributed by atoms with van der Waals surface area (Å²) in [6.45, 7) is 3.79. The third kappa shape index (κ3) is 5.83. The van der Waals surface area contributed by atoms with Crippen LogP contribution in [0.25, 0.3) is 0 Å². The van der Waals surface area contributed by atoms with Gasteiger partial charge in [0.2, 0.25) is 0 Å². The number of carbonyl (C=O) groups is 2. The Morgan fingerprint density at radius 2 is 1.83 bits per heavy atom. The average molecular weight is 168 g/mol. The van der Waals surface area contributed by atoms with Gasteiger partial charge in [0, 0.05) is 19.3 Å². The van der Waals surface area contributed by atoms with E-state index in [1.165, 1.54) is 0 Å². The fourth-order valence-electron chi connectivity index (χ4n) is 0.772. The van der Waals surface area contributed by atoms with Crippen molar-refractivity contribution in [3.63, 3.8) is 0 Å². The van der Waals surface area contributed by atoms with Crippen LogP contribution in [-0.4, -0.2) is 11.6 Å². The second kappa shape index (κ2) is 6.77. The Morgan fingerprint density at radius 3 is 2.33 bits per heavy atom. The lowest BCUT2D eigenvalue weighted by Gasteiger charge is -1.93. The number of hydrogen-bond donors (Lipinski definition) is 0. The van der Waals surface area contributed by atoms with E-state index < -0.39 is 0 Å². The van der Waals surface area contributed by atoms with Crippen molar-refractivity contribution in [1.29, 1.82) is 0 Å². The predicted octanol–water partition coefficient (Wildman–Crippen LogP) is 2.28. The number of allylic oxidation sites excluding steroid dienone is 2. The molecule has 0 unspecified atom stereocenters. The quantitative estimate of drug-likeness (QED) is 0.570. The van der Waals surface area contributed by atoms with Gasteiger partial charge >= 0.3 is 0 Å². The molecular weight excluding hydrogens is 152 g/mol. The van der Waals surface area contributed by atoms with Crippen LogP contribution in [0.3, 0.4) is 0 Å². The summed E-state index contributed by atoms with van der Waals surface area (Å²) in [6.07, 6.45) is 5.53. The molecule has 2 nitrogen and oxygen atoms in total. The van der Waals surface area contributed by atoms with E-state index in [0.717, 1.165) is 6.42 Å². The minimum Gasteiger partial charge on any atom is -0.300 e. The van der Waals surface area contributed by atoms with Gasteiger partial charge in [-0.3, -0.25) is 9.59 Å². The van der Waals surface area contributed by atoms with E-state index >= 15 is 0 Å². The van der Waals surface area contributed by atoms with Crippen LogP contribution in [0.2, 0.25) is 0 Å². The number of hydrogen-bond acceptors (Lipinski definition) is 2. The molecule has 68 valence electrons. The Bertz CT molecular complexity index is 180. The van der Waals surface area contributed by atoms with E-state index in [9.17, 15) is 9.59 Å². The molecule has 0 aliphatic heterocycles. The highest BCUT2D eigenvalue weighted by Crippen LogP contribution is 1.97. The number of carbonyl (C=O) groups excluding carboxylic acids is 2. The molecule has 0 aromatic carbocycles. The SMILES string of the molecule is CC/C=C/C(=O)CCC(=O)CC. The van der Waals surface area contributed by atoms with Crippen molar-refractivity contribution in [2.75, 3.05) is 0 Å². The molecule has 0 radical (unpaired) electrons. The molecule has 2 heteroatoms. The standard InChI is InChI=1S/C10H16O2/c1-3-5-6-10(12)8-7-9(11)4-2/h5-6H,3-4,7-8H2,1-2H3/b6-5+. The van der Waals surface area contributed by atoms with Crippen molar-refractivity contribution in [3.05, 3.63) is 12.2 Å². The minimum absolute atomic E-state index is 0.0543. The van der Waals surface area contributed by atoms with E-state index in [1.807, 2.05) is 19.9 Å². The first-order chi connectivity index (χ1) is 5.70. The van der Waals surface area contributed by atoms with Gasteiger partial charge in [0.25, 0.3) is 0 Å². The zero-order valence-corrected chi connectivity index (χ0v) is 7.80. The first-order valence-corrected chi connectivity index (χ1v) is 4.41. The molecule has 0 fully saturated rings. The largest absolute Gasteiger partial charge is 0.300 e. The van der Waals surface area contributed by atoms with Crippen molar-refractivity contribution in [1.82, 2.24) is 0 Å². The van der Waals surface area contributed by atoms with Crippen LogP contribution < -0.4 is 0 Å². The summed E-state index contributed by atoms with van der Waals surface area (Å²) in [7, 11) is 0. The molecule has 0 aromatic heterocycles. The Labute approximate surface area is 73.7 Å². The molecule has 0 heterocycles. The molecule has 0 saturated carbocycles. The van der Waals surface area contributed by atoms with Crippen LogP contribution in [-0.2, 0) is 9.59 Å². The summed E-state index contributed by atoms with van der Waals surface area (Å²) < 4.78 is 0. The van der Waals surface area contributed by atoms with Gasteiger partial charge in [0.05, 0.1) is 0 Å². The highest BCUT2D eigenvalue weighted by atomic mass is 16.1. The van der Waals surface area contributed by atoms with E-state index in [0.29, 0.717) is 19.3 Å². The van der Waals surface area contributed by atoms with Crippen molar-refractivity contribution < 1.29 is 9.59 Å². The highest BCUT2D eigenvalue weighted by molar-refractivity contribution is 5.92. The van der Waals surface area contributed by atoms with Gasteiger partial charge in [-0.15, -0.1) is 0 Å². The number of Topliss-reactive ketones (excluding diaryl/α,β-unsaturated/α-hetero) is 1. The van der Waals surface area contributed by atoms with Crippen LogP contribution in [0.1, 0.15) is 39.5 Å². The van der Waals surface area contributed by atoms with Crippen LogP contribution in [0.4, 0.5) is 0 Å². The lowest BCUT2D eigenvalue weighted by Crippen LogP contribution is -2.00. The molecule has 0 spiro atoms. The van der Waals surface area contributed by atoms with E-state index in [2.05, 4.69) is 0 Å². The summed E-state index contributed by atoms with van der Waals surface area (Å²) in [4.78, 5) is 21.8. The molecule has 0 bridgehead atoms. The van der Waals surface area contributed by atoms with Gasteiger partial charge in [-0.1, -0.05) is 19.9 Å². The summed E-state index contributed by atoms with van der Waals surface area (Å²) >= 11 is 0. The fraction of sp³-hybridized carbons (Fsp3) is 0.600. The molecule has 12 heavy (non-hydrogen) atoms. The molecular formula is C10H16O2. The lowest BCUT2D eigenvalue weighted by atomic mass is 10.1. The van der Waals surface area contributed by atoms with E-state index in [4.69, 9.17) is 0 Å². The molecule has 0 saturated heterocycles. The Hall–Kier alpha value is -0.920. The highest BCUT2D eigenvalue weighted by Gasteiger charge is 2.01. The van der Waals surface area contributed by atoms with Crippen LogP contribution >= 0.6 is 0 Å². The van der Waals surface area contributed by atoms with Crippen molar-refractivity contribution >= 4 is 11.6 Å². The Morgan fingerprint density at radius 1 is 1.17 bits per heavy atom. The number of rotatable bonds is 6. The van der Waals surface area contributed by atoms with Crippen LogP contribution in [0, 0.1) is 0 Å². The minimum atomic E-state index is 0.0543. The van der Waals surface area contributed by atoms with Gasteiger partial charge in [-0.25, -0.2) is 0 Å². The first kappa shape index (κ1) is 11.1. The van der Waals surface area contributed by atoms with E-state index in [-0.39, 0.29) is 11.6 Å². The average Bonchev–Trinajstić information content (AvgIpc) is 2.10. The predicted molar refractivity (Wildman–Crippen MR) is 49.0 cm³/mol. The molecule has 0 atom stereocenters. The van der Waals surface area contributed by atoms with Crippen LogP contribution in [0.15, 0.2) is 12.2 Å². The maximum Gasteiger partial charge on any atom is 0.155 e. The second-order valence-corrected chi connectivity index (χ2v) is 2.67. The normalized spacial score (nSPS) is 10.5. The van der Waals surface area contributed by atoms with Crippen molar-refractivity contribution in [2.45, 2.75) is 39.5 Å². The molecule has 0 amide bonds. The summed E-state index contributed by atoms with van der Waals surface area (Å²) in [6, 6.07) is 0. The molecule has 0 aliphatic carbocycles. The Balaban J connectivity index is 3.57. The second-order valence-electron chi connectivity index (χ2n) is 2.67. The lowest BCUT2D eigenvalue weighted by molar-refractivity contribution is -0.122. The fourth-order valence-corrected chi connectivity index (χ4v) is 0.772. The maximum atomic E-state index is 11.0. The van der Waals surface area contributed by atoms with Crippen molar-refractivity contribution in [2.24, 2.45) is 0 Å². The monoisotopic (exact) mass is 168 g/mol. The number of ketones is 2.